The minimum Gasteiger partial charge on any atom is -0.358 e. The highest BCUT2D eigenvalue weighted by atomic mass is 79.9. The highest BCUT2D eigenvalue weighted by Gasteiger charge is 2.36. The summed E-state index contributed by atoms with van der Waals surface area (Å²) in [5.41, 5.74) is 6.30. The van der Waals surface area contributed by atoms with Crippen molar-refractivity contribution in [3.8, 4) is 0 Å². The number of Topliss-reactive ketones (excluding diaryl/α,β-unsaturated/α-hetero) is 1. The molecule has 0 saturated carbocycles. The van der Waals surface area contributed by atoms with E-state index >= 15 is 0 Å². The third kappa shape index (κ3) is 2.26. The Morgan fingerprint density at radius 2 is 2.08 bits per heavy atom. The van der Waals surface area contributed by atoms with E-state index in [1.54, 1.807) is 0 Å². The van der Waals surface area contributed by atoms with Gasteiger partial charge >= 0.3 is 0 Å². The van der Waals surface area contributed by atoms with E-state index in [-0.39, 0.29) is 11.7 Å². The van der Waals surface area contributed by atoms with Gasteiger partial charge in [0.15, 0.2) is 5.78 Å². The Bertz CT molecular complexity index is 1050. The van der Waals surface area contributed by atoms with E-state index in [0.29, 0.717) is 6.42 Å². The Labute approximate surface area is 153 Å². The first-order valence-corrected chi connectivity index (χ1v) is 9.26. The molecule has 0 amide bonds. The van der Waals surface area contributed by atoms with Crippen LogP contribution in [0.3, 0.4) is 0 Å². The van der Waals surface area contributed by atoms with Crippen LogP contribution in [0.1, 0.15) is 36.3 Å². The average molecular weight is 394 g/mol. The van der Waals surface area contributed by atoms with Crippen LogP contribution in [0, 0.1) is 0 Å². The topological polar surface area (TPSA) is 57.8 Å². The molecule has 0 radical (unpaired) electrons. The monoisotopic (exact) mass is 393 g/mol. The predicted octanol–water partition coefficient (Wildman–Crippen LogP) is 4.89. The van der Waals surface area contributed by atoms with E-state index in [2.05, 4.69) is 55.7 Å². The Kier molecular flexibility index (Phi) is 3.31. The van der Waals surface area contributed by atoms with Crippen LogP contribution in [0.5, 0.6) is 0 Å². The number of ketones is 1. The van der Waals surface area contributed by atoms with Gasteiger partial charge in [-0.05, 0) is 42.7 Å². The molecule has 25 heavy (non-hydrogen) atoms. The Morgan fingerprint density at radius 3 is 2.96 bits per heavy atom. The molecule has 2 aliphatic rings. The number of carbonyl (C=O) groups is 1. The molecule has 1 aliphatic heterocycles. The summed E-state index contributed by atoms with van der Waals surface area (Å²) in [5.74, 6) is 0.182. The molecule has 5 heteroatoms. The zero-order chi connectivity index (χ0) is 17.0. The zero-order valence-electron chi connectivity index (χ0n) is 13.5. The minimum absolute atomic E-state index is 0.0688. The Hall–Kier alpha value is -2.40. The summed E-state index contributed by atoms with van der Waals surface area (Å²) in [4.78, 5) is 12.8. The summed E-state index contributed by atoms with van der Waals surface area (Å²) in [7, 11) is 0. The van der Waals surface area contributed by atoms with Gasteiger partial charge in [-0.2, -0.15) is 5.10 Å². The van der Waals surface area contributed by atoms with Crippen LogP contribution in [0.4, 0.5) is 5.69 Å². The number of benzene rings is 2. The van der Waals surface area contributed by atoms with Crippen molar-refractivity contribution in [1.82, 2.24) is 10.2 Å². The van der Waals surface area contributed by atoms with E-state index in [1.807, 2.05) is 18.3 Å². The molecule has 2 N–H and O–H groups in total. The van der Waals surface area contributed by atoms with Gasteiger partial charge in [-0.3, -0.25) is 9.89 Å². The fourth-order valence-electron chi connectivity index (χ4n) is 4.10. The molecule has 0 bridgehead atoms. The molecule has 4 nitrogen and oxygen atoms in total. The Morgan fingerprint density at radius 1 is 1.16 bits per heavy atom. The number of halogens is 1. The number of allylic oxidation sites excluding steroid dienone is 2. The van der Waals surface area contributed by atoms with E-state index in [9.17, 15) is 4.79 Å². The highest BCUT2D eigenvalue weighted by molar-refractivity contribution is 9.10. The molecule has 1 aromatic heterocycles. The van der Waals surface area contributed by atoms with Crippen LogP contribution in [0.25, 0.3) is 10.9 Å². The normalized spacial score (nSPS) is 19.6. The number of hydrogen-bond acceptors (Lipinski definition) is 3. The summed E-state index contributed by atoms with van der Waals surface area (Å²) in [6.07, 6.45) is 4.29. The standard InChI is InChI=1S/C20H16BrN3O/c21-13-4-1-3-11(9-13)17-18-14(5-2-6-16(18)25)23-15-8-7-12-10-22-24-20(12)19(15)17/h1,3-4,7-10,17,23H,2,5-6H2,(H,22,24). The van der Waals surface area contributed by atoms with Gasteiger partial charge in [0.2, 0.25) is 0 Å². The molecular weight excluding hydrogens is 378 g/mol. The third-order valence-corrected chi connectivity index (χ3v) is 5.65. The molecule has 3 aromatic rings. The molecule has 0 fully saturated rings. The minimum atomic E-state index is -0.0688. The summed E-state index contributed by atoms with van der Waals surface area (Å²) >= 11 is 3.58. The molecular formula is C20H16BrN3O. The first-order chi connectivity index (χ1) is 12.2. The molecule has 1 unspecified atom stereocenters. The lowest BCUT2D eigenvalue weighted by molar-refractivity contribution is -0.116. The lowest BCUT2D eigenvalue weighted by Crippen LogP contribution is -2.27. The predicted molar refractivity (Wildman–Crippen MR) is 102 cm³/mol. The van der Waals surface area contributed by atoms with Crippen molar-refractivity contribution in [2.24, 2.45) is 0 Å². The lowest BCUT2D eigenvalue weighted by Gasteiger charge is -2.34. The van der Waals surface area contributed by atoms with Gasteiger partial charge in [0, 0.05) is 44.7 Å². The van der Waals surface area contributed by atoms with Crippen molar-refractivity contribution < 1.29 is 4.79 Å². The molecule has 1 atom stereocenters. The molecule has 0 spiro atoms. The van der Waals surface area contributed by atoms with Gasteiger partial charge in [0.1, 0.15) is 0 Å². The largest absolute Gasteiger partial charge is 0.358 e. The van der Waals surface area contributed by atoms with Crippen molar-refractivity contribution in [3.05, 3.63) is 69.5 Å². The van der Waals surface area contributed by atoms with Crippen molar-refractivity contribution in [1.29, 1.82) is 0 Å². The molecule has 0 saturated heterocycles. The Balaban J connectivity index is 1.84. The maximum absolute atomic E-state index is 12.8. The van der Waals surface area contributed by atoms with Gasteiger partial charge in [-0.15, -0.1) is 0 Å². The van der Waals surface area contributed by atoms with Crippen molar-refractivity contribution in [2.45, 2.75) is 25.2 Å². The second kappa shape index (κ2) is 5.56. The number of aromatic nitrogens is 2. The number of anilines is 1. The van der Waals surface area contributed by atoms with Crippen molar-refractivity contribution in [2.75, 3.05) is 5.32 Å². The van der Waals surface area contributed by atoms with Gasteiger partial charge in [-0.25, -0.2) is 0 Å². The highest BCUT2D eigenvalue weighted by Crippen LogP contribution is 2.47. The van der Waals surface area contributed by atoms with Gasteiger partial charge in [-0.1, -0.05) is 28.1 Å². The SMILES string of the molecule is O=C1CCCC2=C1C(c1cccc(Br)c1)c1c(ccc3cn[nH]c13)N2. The number of aromatic amines is 1. The first-order valence-electron chi connectivity index (χ1n) is 8.47. The fourth-order valence-corrected chi connectivity index (χ4v) is 4.52. The summed E-state index contributed by atoms with van der Waals surface area (Å²) in [6.45, 7) is 0. The number of rotatable bonds is 1. The van der Waals surface area contributed by atoms with Crippen LogP contribution >= 0.6 is 15.9 Å². The van der Waals surface area contributed by atoms with Gasteiger partial charge in [0.05, 0.1) is 11.7 Å². The van der Waals surface area contributed by atoms with Crippen LogP contribution in [-0.4, -0.2) is 16.0 Å². The van der Waals surface area contributed by atoms with E-state index in [1.165, 1.54) is 0 Å². The summed E-state index contributed by atoms with van der Waals surface area (Å²) < 4.78 is 1.02. The van der Waals surface area contributed by atoms with Gasteiger partial charge < -0.3 is 5.32 Å². The molecule has 2 heterocycles. The summed E-state index contributed by atoms with van der Waals surface area (Å²) in [6, 6.07) is 12.4. The molecule has 2 aromatic carbocycles. The number of nitrogens with zero attached hydrogens (tertiary/aromatic N) is 1. The second-order valence-corrected chi connectivity index (χ2v) is 7.56. The van der Waals surface area contributed by atoms with Crippen LogP contribution in [0.2, 0.25) is 0 Å². The quantitative estimate of drug-likeness (QED) is 0.618. The second-order valence-electron chi connectivity index (χ2n) is 6.64. The third-order valence-electron chi connectivity index (χ3n) is 5.16. The number of hydrogen-bond donors (Lipinski definition) is 2. The maximum atomic E-state index is 12.8. The van der Waals surface area contributed by atoms with Gasteiger partial charge in [0.25, 0.3) is 0 Å². The summed E-state index contributed by atoms with van der Waals surface area (Å²) in [5, 5.41) is 11.9. The van der Waals surface area contributed by atoms with Crippen molar-refractivity contribution >= 4 is 38.3 Å². The maximum Gasteiger partial charge on any atom is 0.161 e. The smallest absolute Gasteiger partial charge is 0.161 e. The lowest BCUT2D eigenvalue weighted by atomic mass is 9.75. The van der Waals surface area contributed by atoms with Crippen LogP contribution in [-0.2, 0) is 4.79 Å². The van der Waals surface area contributed by atoms with Crippen LogP contribution < -0.4 is 5.32 Å². The van der Waals surface area contributed by atoms with E-state index in [0.717, 1.165) is 56.3 Å². The van der Waals surface area contributed by atoms with Crippen molar-refractivity contribution in [3.63, 3.8) is 0 Å². The van der Waals surface area contributed by atoms with Crippen LogP contribution in [0.15, 0.2) is 58.3 Å². The van der Waals surface area contributed by atoms with E-state index in [4.69, 9.17) is 0 Å². The fraction of sp³-hybridized carbons (Fsp3) is 0.200. The molecule has 1 aliphatic carbocycles. The number of carbonyl (C=O) groups excluding carboxylic acids is 1. The zero-order valence-corrected chi connectivity index (χ0v) is 15.1. The average Bonchev–Trinajstić information content (AvgIpc) is 3.09. The number of nitrogens with one attached hydrogen (secondary N) is 2. The first kappa shape index (κ1) is 14.9. The molecule has 5 rings (SSSR count). The van der Waals surface area contributed by atoms with E-state index < -0.39 is 0 Å². The molecule has 124 valence electrons. The number of H-pyrrole nitrogens is 1. The number of fused-ring (bicyclic) bond motifs is 3.